The van der Waals surface area contributed by atoms with Gasteiger partial charge in [-0.25, -0.2) is 4.79 Å². The number of aromatic nitrogens is 1. The Morgan fingerprint density at radius 2 is 1.90 bits per heavy atom. The second kappa shape index (κ2) is 8.30. The molecular weight excluding hydrogens is 396 g/mol. The highest BCUT2D eigenvalue weighted by atomic mass is 32.1. The fourth-order valence-electron chi connectivity index (χ4n) is 3.80. The smallest absolute Gasteiger partial charge is 0.323 e. The molecular formula is C23H22N4O2S. The number of rotatable bonds is 4. The predicted molar refractivity (Wildman–Crippen MR) is 120 cm³/mol. The molecule has 2 amide bonds. The topological polar surface area (TPSA) is 61.6 Å². The van der Waals surface area contributed by atoms with Gasteiger partial charge in [-0.1, -0.05) is 35.5 Å². The molecule has 1 N–H and O–H groups in total. The van der Waals surface area contributed by atoms with Crippen molar-refractivity contribution in [1.29, 1.82) is 0 Å². The monoisotopic (exact) mass is 418 g/mol. The first-order valence-corrected chi connectivity index (χ1v) is 10.9. The van der Waals surface area contributed by atoms with Gasteiger partial charge >= 0.3 is 6.03 Å². The van der Waals surface area contributed by atoms with Crippen LogP contribution in [-0.2, 0) is 6.54 Å². The molecule has 5 rings (SSSR count). The van der Waals surface area contributed by atoms with E-state index in [1.807, 2.05) is 29.2 Å². The molecule has 0 saturated carbocycles. The number of fused-ring (bicyclic) bond motifs is 1. The van der Waals surface area contributed by atoms with Gasteiger partial charge in [0.15, 0.2) is 11.4 Å². The predicted octanol–water partition coefficient (Wildman–Crippen LogP) is 4.91. The number of hydrogen-bond donors (Lipinski definition) is 1. The number of urea groups is 1. The summed E-state index contributed by atoms with van der Waals surface area (Å²) in [7, 11) is 0. The van der Waals surface area contributed by atoms with Gasteiger partial charge in [-0.05, 0) is 51.7 Å². The van der Waals surface area contributed by atoms with Crippen LogP contribution in [0.3, 0.4) is 0 Å². The minimum Gasteiger partial charge on any atom is -0.354 e. The van der Waals surface area contributed by atoms with E-state index in [0.29, 0.717) is 24.5 Å². The van der Waals surface area contributed by atoms with E-state index in [2.05, 4.69) is 56.5 Å². The maximum Gasteiger partial charge on any atom is 0.323 e. The van der Waals surface area contributed by atoms with Crippen LogP contribution in [0.1, 0.15) is 5.56 Å². The zero-order valence-electron chi connectivity index (χ0n) is 16.5. The number of nitrogens with zero attached hydrogens (tertiary/aromatic N) is 3. The van der Waals surface area contributed by atoms with E-state index >= 15 is 0 Å². The van der Waals surface area contributed by atoms with Crippen LogP contribution in [0.15, 0.2) is 69.9 Å². The first-order chi connectivity index (χ1) is 14.8. The van der Waals surface area contributed by atoms with Crippen LogP contribution < -0.4 is 5.32 Å². The van der Waals surface area contributed by atoms with Crippen molar-refractivity contribution in [3.05, 3.63) is 70.9 Å². The number of amides is 2. The van der Waals surface area contributed by atoms with E-state index in [-0.39, 0.29) is 6.03 Å². The molecule has 2 aromatic carbocycles. The van der Waals surface area contributed by atoms with E-state index in [1.165, 1.54) is 16.7 Å². The van der Waals surface area contributed by atoms with Crippen LogP contribution in [0.2, 0.25) is 0 Å². The largest absolute Gasteiger partial charge is 0.354 e. The fraction of sp³-hybridized carbons (Fsp3) is 0.217. The van der Waals surface area contributed by atoms with Crippen molar-refractivity contribution in [3.8, 4) is 11.1 Å². The number of carbonyl (C=O) groups is 1. The minimum absolute atomic E-state index is 0.131. The third kappa shape index (κ3) is 3.94. The fourth-order valence-corrected chi connectivity index (χ4v) is 4.47. The zero-order chi connectivity index (χ0) is 20.3. The Morgan fingerprint density at radius 1 is 1.03 bits per heavy atom. The lowest BCUT2D eigenvalue weighted by atomic mass is 10.1. The van der Waals surface area contributed by atoms with Crippen molar-refractivity contribution in [2.45, 2.75) is 6.54 Å². The van der Waals surface area contributed by atoms with E-state index in [0.717, 1.165) is 25.0 Å². The van der Waals surface area contributed by atoms with E-state index in [1.54, 1.807) is 11.3 Å². The number of nitrogens with one attached hydrogen (secondary N) is 1. The van der Waals surface area contributed by atoms with Crippen molar-refractivity contribution >= 4 is 34.2 Å². The summed E-state index contributed by atoms with van der Waals surface area (Å²) >= 11 is 1.72. The van der Waals surface area contributed by atoms with Gasteiger partial charge in [0.2, 0.25) is 0 Å². The van der Waals surface area contributed by atoms with Gasteiger partial charge in [0, 0.05) is 32.7 Å². The Balaban J connectivity index is 1.17. The van der Waals surface area contributed by atoms with Crippen LogP contribution in [0.25, 0.3) is 22.1 Å². The number of para-hydroxylation sites is 1. The third-order valence-electron chi connectivity index (χ3n) is 5.45. The second-order valence-electron chi connectivity index (χ2n) is 7.43. The van der Waals surface area contributed by atoms with Crippen LogP contribution in [0, 0.1) is 0 Å². The minimum atomic E-state index is -0.131. The lowest BCUT2D eigenvalue weighted by Crippen LogP contribution is -2.49. The van der Waals surface area contributed by atoms with Crippen molar-refractivity contribution < 1.29 is 9.32 Å². The van der Waals surface area contributed by atoms with Crippen molar-refractivity contribution in [2.75, 3.05) is 31.5 Å². The molecule has 0 atom stereocenters. The van der Waals surface area contributed by atoms with E-state index < -0.39 is 0 Å². The molecule has 0 radical (unpaired) electrons. The normalized spacial score (nSPS) is 14.9. The third-order valence-corrected chi connectivity index (χ3v) is 6.13. The van der Waals surface area contributed by atoms with Crippen molar-refractivity contribution in [3.63, 3.8) is 0 Å². The quantitative estimate of drug-likeness (QED) is 0.512. The molecule has 1 aliphatic heterocycles. The molecule has 6 nitrogen and oxygen atoms in total. The van der Waals surface area contributed by atoms with Gasteiger partial charge in [-0.3, -0.25) is 10.2 Å². The number of thiophene rings is 1. The van der Waals surface area contributed by atoms with Gasteiger partial charge in [-0.2, -0.15) is 11.3 Å². The molecule has 152 valence electrons. The van der Waals surface area contributed by atoms with Crippen LogP contribution in [0.5, 0.6) is 0 Å². The first kappa shape index (κ1) is 18.8. The Kier molecular flexibility index (Phi) is 5.21. The molecule has 7 heteroatoms. The molecule has 1 fully saturated rings. The molecule has 1 saturated heterocycles. The first-order valence-electron chi connectivity index (χ1n) is 10.0. The highest BCUT2D eigenvalue weighted by molar-refractivity contribution is 7.08. The van der Waals surface area contributed by atoms with Crippen LogP contribution in [-0.4, -0.2) is 47.2 Å². The Bertz CT molecular complexity index is 1150. The van der Waals surface area contributed by atoms with Gasteiger partial charge in [-0.15, -0.1) is 0 Å². The lowest BCUT2D eigenvalue weighted by molar-refractivity contribution is 0.143. The van der Waals surface area contributed by atoms with Crippen LogP contribution >= 0.6 is 11.3 Å². The summed E-state index contributed by atoms with van der Waals surface area (Å²) < 4.78 is 5.27. The van der Waals surface area contributed by atoms with Crippen LogP contribution in [0.4, 0.5) is 10.6 Å². The number of carbonyl (C=O) groups excluding carboxylic acids is 1. The maximum absolute atomic E-state index is 12.7. The summed E-state index contributed by atoms with van der Waals surface area (Å²) in [5.74, 6) is 0.475. The van der Waals surface area contributed by atoms with Gasteiger partial charge in [0.05, 0.1) is 5.39 Å². The average Bonchev–Trinajstić information content (AvgIpc) is 3.45. The highest BCUT2D eigenvalue weighted by Crippen LogP contribution is 2.24. The van der Waals surface area contributed by atoms with Crippen molar-refractivity contribution in [2.24, 2.45) is 0 Å². The average molecular weight is 419 g/mol. The molecule has 0 aliphatic carbocycles. The second-order valence-corrected chi connectivity index (χ2v) is 8.21. The standard InChI is InChI=1S/C23H22N4O2S/c28-23(24-22-20-6-1-2-7-21(20)29-25-22)27-11-9-26(10-12-27)15-17-4-3-5-18(14-17)19-8-13-30-16-19/h1-8,13-14,16H,9-12,15H2,(H,24,25,28). The molecule has 0 spiro atoms. The highest BCUT2D eigenvalue weighted by Gasteiger charge is 2.22. The van der Waals surface area contributed by atoms with Crippen molar-refractivity contribution in [1.82, 2.24) is 15.0 Å². The molecule has 1 aliphatic rings. The number of piperazine rings is 1. The number of hydrogen-bond acceptors (Lipinski definition) is 5. The molecule has 3 heterocycles. The van der Waals surface area contributed by atoms with Gasteiger partial charge in [0.25, 0.3) is 0 Å². The summed E-state index contributed by atoms with van der Waals surface area (Å²) in [4.78, 5) is 16.9. The van der Waals surface area contributed by atoms with E-state index in [4.69, 9.17) is 4.52 Å². The van der Waals surface area contributed by atoms with Gasteiger partial charge in [0.1, 0.15) is 0 Å². The summed E-state index contributed by atoms with van der Waals surface area (Å²) in [6.45, 7) is 3.95. The molecule has 2 aromatic heterocycles. The molecule has 4 aromatic rings. The van der Waals surface area contributed by atoms with E-state index in [9.17, 15) is 4.79 Å². The Labute approximate surface area is 178 Å². The summed E-state index contributed by atoms with van der Waals surface area (Å²) in [5, 5.41) is 12.0. The summed E-state index contributed by atoms with van der Waals surface area (Å²) in [6.07, 6.45) is 0. The summed E-state index contributed by atoms with van der Waals surface area (Å²) in [6, 6.07) is 18.2. The summed E-state index contributed by atoms with van der Waals surface area (Å²) in [5.41, 5.74) is 4.49. The number of anilines is 1. The molecule has 30 heavy (non-hydrogen) atoms. The van der Waals surface area contributed by atoms with Gasteiger partial charge < -0.3 is 9.42 Å². The number of benzene rings is 2. The Hall–Kier alpha value is -3.16. The lowest BCUT2D eigenvalue weighted by Gasteiger charge is -2.34. The maximum atomic E-state index is 12.7. The SMILES string of the molecule is O=C(Nc1noc2ccccc12)N1CCN(Cc2cccc(-c3ccsc3)c2)CC1. The molecule has 0 bridgehead atoms. The Morgan fingerprint density at radius 3 is 2.73 bits per heavy atom. The zero-order valence-corrected chi connectivity index (χ0v) is 17.3. The molecule has 0 unspecified atom stereocenters.